The molecular formula is C20H29NO. The smallest absolute Gasteiger partial charge is 0.160 e. The Balaban J connectivity index is 2.13. The standard InChI is InChI=1S/C20H29NO/c1-5-15-9-7-8-10-18(15)21-14-16-13-17(11-12-19(16)22)20(3,4)6-2/h7-10,14,17,21H,5-6,11-13H2,1-4H3/b16-14+/t17-/m0/s1. The quantitative estimate of drug-likeness (QED) is 0.742. The molecule has 1 saturated carbocycles. The molecular weight excluding hydrogens is 270 g/mol. The Morgan fingerprint density at radius 3 is 2.68 bits per heavy atom. The monoisotopic (exact) mass is 299 g/mol. The van der Waals surface area contributed by atoms with Crippen LogP contribution >= 0.6 is 0 Å². The van der Waals surface area contributed by atoms with Gasteiger partial charge in [-0.2, -0.15) is 0 Å². The van der Waals surface area contributed by atoms with Gasteiger partial charge in [-0.25, -0.2) is 0 Å². The number of allylic oxidation sites excluding steroid dienone is 1. The fraction of sp³-hybridized carbons (Fsp3) is 0.550. The summed E-state index contributed by atoms with van der Waals surface area (Å²) in [5.41, 5.74) is 3.67. The van der Waals surface area contributed by atoms with Crippen LogP contribution < -0.4 is 5.32 Å². The van der Waals surface area contributed by atoms with Crippen LogP contribution in [0.5, 0.6) is 0 Å². The molecule has 2 nitrogen and oxygen atoms in total. The third-order valence-corrected chi connectivity index (χ3v) is 5.36. The minimum Gasteiger partial charge on any atom is -0.361 e. The number of hydrogen-bond donors (Lipinski definition) is 1. The minimum absolute atomic E-state index is 0.307. The van der Waals surface area contributed by atoms with E-state index in [1.54, 1.807) is 0 Å². The van der Waals surface area contributed by atoms with E-state index in [0.29, 0.717) is 23.5 Å². The summed E-state index contributed by atoms with van der Waals surface area (Å²) in [5.74, 6) is 0.911. The fourth-order valence-electron chi connectivity index (χ4n) is 3.18. The Kier molecular flexibility index (Phi) is 5.44. The largest absolute Gasteiger partial charge is 0.361 e. The van der Waals surface area contributed by atoms with Crippen LogP contribution in [0.2, 0.25) is 0 Å². The zero-order valence-electron chi connectivity index (χ0n) is 14.4. The molecule has 0 bridgehead atoms. The minimum atomic E-state index is 0.307. The van der Waals surface area contributed by atoms with Crippen molar-refractivity contribution < 1.29 is 4.79 Å². The summed E-state index contributed by atoms with van der Waals surface area (Å²) in [6.07, 6.45) is 6.73. The number of para-hydroxylation sites is 1. The molecule has 0 aromatic heterocycles. The number of hydrogen-bond acceptors (Lipinski definition) is 2. The van der Waals surface area contributed by atoms with Crippen molar-refractivity contribution in [3.8, 4) is 0 Å². The number of nitrogens with one attached hydrogen (secondary N) is 1. The number of carbonyl (C=O) groups excluding carboxylic acids is 1. The lowest BCUT2D eigenvalue weighted by Crippen LogP contribution is -2.29. The van der Waals surface area contributed by atoms with E-state index in [-0.39, 0.29) is 0 Å². The van der Waals surface area contributed by atoms with Gasteiger partial charge in [0.1, 0.15) is 0 Å². The molecule has 0 spiro atoms. The van der Waals surface area contributed by atoms with Gasteiger partial charge in [0.2, 0.25) is 0 Å². The van der Waals surface area contributed by atoms with E-state index in [4.69, 9.17) is 0 Å². The molecule has 0 amide bonds. The maximum Gasteiger partial charge on any atom is 0.160 e. The molecule has 1 aliphatic carbocycles. The van der Waals surface area contributed by atoms with Gasteiger partial charge in [0.05, 0.1) is 0 Å². The lowest BCUT2D eigenvalue weighted by molar-refractivity contribution is -0.117. The van der Waals surface area contributed by atoms with Gasteiger partial charge in [0.25, 0.3) is 0 Å². The number of Topliss-reactive ketones (excluding diaryl/α,β-unsaturated/α-hetero) is 1. The van der Waals surface area contributed by atoms with E-state index >= 15 is 0 Å². The van der Waals surface area contributed by atoms with Gasteiger partial charge in [-0.15, -0.1) is 0 Å². The van der Waals surface area contributed by atoms with Crippen molar-refractivity contribution in [3.05, 3.63) is 41.6 Å². The van der Waals surface area contributed by atoms with Crippen molar-refractivity contribution in [1.82, 2.24) is 0 Å². The summed E-state index contributed by atoms with van der Waals surface area (Å²) in [6.45, 7) is 9.05. The first kappa shape index (κ1) is 16.8. The molecule has 0 unspecified atom stereocenters. The van der Waals surface area contributed by atoms with Crippen molar-refractivity contribution in [3.63, 3.8) is 0 Å². The Hall–Kier alpha value is -1.57. The van der Waals surface area contributed by atoms with E-state index < -0.39 is 0 Å². The molecule has 0 aliphatic heterocycles. The summed E-state index contributed by atoms with van der Waals surface area (Å²) in [5, 5.41) is 3.37. The number of aryl methyl sites for hydroxylation is 1. The number of ketones is 1. The molecule has 1 aromatic rings. The second-order valence-electron chi connectivity index (χ2n) is 7.03. The SMILES string of the molecule is CCc1ccccc1N/C=C1\C[C@@H](C(C)(C)CC)CCC1=O. The first-order valence-electron chi connectivity index (χ1n) is 8.54. The lowest BCUT2D eigenvalue weighted by Gasteiger charge is -2.36. The van der Waals surface area contributed by atoms with Crippen molar-refractivity contribution in [1.29, 1.82) is 0 Å². The van der Waals surface area contributed by atoms with Crippen LogP contribution in [0.15, 0.2) is 36.0 Å². The van der Waals surface area contributed by atoms with Gasteiger partial charge < -0.3 is 5.32 Å². The molecule has 1 atom stereocenters. The molecule has 2 heteroatoms. The van der Waals surface area contributed by atoms with Crippen LogP contribution in [0.1, 0.15) is 58.9 Å². The molecule has 0 radical (unpaired) electrons. The molecule has 120 valence electrons. The highest BCUT2D eigenvalue weighted by molar-refractivity contribution is 5.96. The van der Waals surface area contributed by atoms with E-state index in [9.17, 15) is 4.79 Å². The van der Waals surface area contributed by atoms with Gasteiger partial charge in [0.15, 0.2) is 5.78 Å². The Morgan fingerprint density at radius 2 is 2.00 bits per heavy atom. The van der Waals surface area contributed by atoms with Crippen LogP contribution in [-0.4, -0.2) is 5.78 Å². The molecule has 1 fully saturated rings. The van der Waals surface area contributed by atoms with Crippen LogP contribution in [0.4, 0.5) is 5.69 Å². The van der Waals surface area contributed by atoms with E-state index in [2.05, 4.69) is 51.2 Å². The maximum absolute atomic E-state index is 12.2. The Bertz CT molecular complexity index is 557. The summed E-state index contributed by atoms with van der Waals surface area (Å²) in [6, 6.07) is 8.30. The number of rotatable bonds is 5. The second-order valence-corrected chi connectivity index (χ2v) is 7.03. The van der Waals surface area contributed by atoms with E-state index in [1.165, 1.54) is 5.56 Å². The topological polar surface area (TPSA) is 29.1 Å². The third kappa shape index (κ3) is 3.79. The predicted octanol–water partition coefficient (Wildman–Crippen LogP) is 5.35. The molecule has 1 aliphatic rings. The molecule has 1 N–H and O–H groups in total. The van der Waals surface area contributed by atoms with E-state index in [1.807, 2.05) is 12.3 Å². The lowest BCUT2D eigenvalue weighted by atomic mass is 9.68. The third-order valence-electron chi connectivity index (χ3n) is 5.36. The van der Waals surface area contributed by atoms with Gasteiger partial charge in [-0.05, 0) is 42.2 Å². The fourth-order valence-corrected chi connectivity index (χ4v) is 3.18. The summed E-state index contributed by atoms with van der Waals surface area (Å²) < 4.78 is 0. The molecule has 2 rings (SSSR count). The molecule has 1 aromatic carbocycles. The van der Waals surface area contributed by atoms with Crippen molar-refractivity contribution in [2.75, 3.05) is 5.32 Å². The predicted molar refractivity (Wildman–Crippen MR) is 93.9 cm³/mol. The molecule has 22 heavy (non-hydrogen) atoms. The normalized spacial score (nSPS) is 21.2. The second kappa shape index (κ2) is 7.13. The zero-order chi connectivity index (χ0) is 16.2. The average Bonchev–Trinajstić information content (AvgIpc) is 2.54. The number of anilines is 1. The van der Waals surface area contributed by atoms with Crippen molar-refractivity contribution in [2.24, 2.45) is 11.3 Å². The highest BCUT2D eigenvalue weighted by Crippen LogP contribution is 2.41. The molecule has 0 saturated heterocycles. The van der Waals surface area contributed by atoms with Gasteiger partial charge in [-0.1, -0.05) is 52.3 Å². The summed E-state index contributed by atoms with van der Waals surface area (Å²) in [4.78, 5) is 12.2. The highest BCUT2D eigenvalue weighted by Gasteiger charge is 2.33. The van der Waals surface area contributed by atoms with Gasteiger partial charge in [0, 0.05) is 23.9 Å². The van der Waals surface area contributed by atoms with Crippen LogP contribution in [0, 0.1) is 11.3 Å². The number of benzene rings is 1. The maximum atomic E-state index is 12.2. The van der Waals surface area contributed by atoms with Crippen molar-refractivity contribution >= 4 is 11.5 Å². The average molecular weight is 299 g/mol. The highest BCUT2D eigenvalue weighted by atomic mass is 16.1. The zero-order valence-corrected chi connectivity index (χ0v) is 14.4. The van der Waals surface area contributed by atoms with Crippen LogP contribution in [0.3, 0.4) is 0 Å². The number of carbonyl (C=O) groups is 1. The van der Waals surface area contributed by atoms with Crippen LogP contribution in [0.25, 0.3) is 0 Å². The van der Waals surface area contributed by atoms with Crippen LogP contribution in [-0.2, 0) is 11.2 Å². The van der Waals surface area contributed by atoms with E-state index in [0.717, 1.165) is 36.9 Å². The van der Waals surface area contributed by atoms with Gasteiger partial charge in [-0.3, -0.25) is 4.79 Å². The molecule has 0 heterocycles. The Labute approximate surface area is 135 Å². The summed E-state index contributed by atoms with van der Waals surface area (Å²) >= 11 is 0. The summed E-state index contributed by atoms with van der Waals surface area (Å²) in [7, 11) is 0. The first-order chi connectivity index (χ1) is 10.5. The van der Waals surface area contributed by atoms with Crippen molar-refractivity contribution in [2.45, 2.75) is 59.8 Å². The first-order valence-corrected chi connectivity index (χ1v) is 8.54. The Morgan fingerprint density at radius 1 is 1.27 bits per heavy atom. The van der Waals surface area contributed by atoms with Gasteiger partial charge >= 0.3 is 0 Å².